The number of nitrogens with zero attached hydrogens (tertiary/aromatic N) is 1. The van der Waals surface area contributed by atoms with Gasteiger partial charge in [-0.3, -0.25) is 0 Å². The number of hydrogen-bond acceptors (Lipinski definition) is 3. The number of rotatable bonds is 3. The van der Waals surface area contributed by atoms with E-state index >= 15 is 0 Å². The lowest BCUT2D eigenvalue weighted by atomic mass is 10.2. The molecule has 0 heterocycles. The van der Waals surface area contributed by atoms with Crippen molar-refractivity contribution in [2.45, 2.75) is 6.61 Å². The van der Waals surface area contributed by atoms with Gasteiger partial charge in [0.25, 0.3) is 0 Å². The molecule has 0 aliphatic carbocycles. The van der Waals surface area contributed by atoms with E-state index in [0.717, 1.165) is 11.3 Å². The van der Waals surface area contributed by atoms with Gasteiger partial charge in [0.15, 0.2) is 0 Å². The van der Waals surface area contributed by atoms with Crippen molar-refractivity contribution < 1.29 is 14.3 Å². The average Bonchev–Trinajstić information content (AvgIpc) is 2.26. The van der Waals surface area contributed by atoms with Crippen molar-refractivity contribution >= 4 is 6.09 Å². The minimum absolute atomic E-state index is 0.258. The fraction of sp³-hybridized carbons (Fsp3) is 0.364. The zero-order chi connectivity index (χ0) is 11.3. The average molecular weight is 209 g/mol. The number of carbonyl (C=O) groups is 1. The lowest BCUT2D eigenvalue weighted by Crippen LogP contribution is -2.22. The Morgan fingerprint density at radius 1 is 1.40 bits per heavy atom. The quantitative estimate of drug-likeness (QED) is 0.763. The van der Waals surface area contributed by atoms with Crippen LogP contribution in [0.4, 0.5) is 4.79 Å². The molecule has 0 radical (unpaired) electrons. The van der Waals surface area contributed by atoms with Crippen LogP contribution in [0.25, 0.3) is 0 Å². The van der Waals surface area contributed by atoms with Crippen molar-refractivity contribution in [3.05, 3.63) is 29.8 Å². The molecule has 0 unspecified atom stereocenters. The van der Waals surface area contributed by atoms with Crippen LogP contribution in [-0.4, -0.2) is 32.2 Å². The smallest absolute Gasteiger partial charge is 0.409 e. The van der Waals surface area contributed by atoms with Crippen molar-refractivity contribution in [1.82, 2.24) is 4.90 Å². The van der Waals surface area contributed by atoms with Crippen LogP contribution in [0.1, 0.15) is 5.56 Å². The number of methoxy groups -OCH3 is 1. The Hall–Kier alpha value is -1.71. The molecule has 0 saturated carbocycles. The maximum Gasteiger partial charge on any atom is 0.409 e. The van der Waals surface area contributed by atoms with Gasteiger partial charge >= 0.3 is 6.09 Å². The van der Waals surface area contributed by atoms with Crippen LogP contribution in [-0.2, 0) is 11.3 Å². The molecule has 0 aliphatic rings. The fourth-order valence-corrected chi connectivity index (χ4v) is 1.04. The summed E-state index contributed by atoms with van der Waals surface area (Å²) in [5.41, 5.74) is 0.907. The van der Waals surface area contributed by atoms with Gasteiger partial charge in [-0.1, -0.05) is 12.1 Å². The second kappa shape index (κ2) is 5.24. The molecule has 1 amide bonds. The second-order valence-electron chi connectivity index (χ2n) is 3.30. The van der Waals surface area contributed by atoms with Crippen LogP contribution in [0.5, 0.6) is 5.75 Å². The van der Waals surface area contributed by atoms with Crippen molar-refractivity contribution in [2.24, 2.45) is 0 Å². The van der Waals surface area contributed by atoms with Crippen LogP contribution in [0.15, 0.2) is 24.3 Å². The Balaban J connectivity index is 2.54. The summed E-state index contributed by atoms with van der Waals surface area (Å²) in [5.74, 6) is 0.758. The Bertz CT molecular complexity index is 336. The number of benzene rings is 1. The Kier molecular flexibility index (Phi) is 3.97. The van der Waals surface area contributed by atoms with Crippen molar-refractivity contribution in [1.29, 1.82) is 0 Å². The third-order valence-corrected chi connectivity index (χ3v) is 1.86. The molecule has 82 valence electrons. The zero-order valence-electron chi connectivity index (χ0n) is 9.19. The minimum atomic E-state index is -0.349. The first kappa shape index (κ1) is 11.4. The summed E-state index contributed by atoms with van der Waals surface area (Å²) in [4.78, 5) is 12.5. The van der Waals surface area contributed by atoms with E-state index in [-0.39, 0.29) is 12.7 Å². The molecule has 0 aromatic heterocycles. The van der Waals surface area contributed by atoms with E-state index < -0.39 is 0 Å². The van der Waals surface area contributed by atoms with Gasteiger partial charge in [-0.15, -0.1) is 0 Å². The number of amides is 1. The van der Waals surface area contributed by atoms with Gasteiger partial charge in [-0.05, 0) is 17.7 Å². The van der Waals surface area contributed by atoms with Crippen LogP contribution in [0.2, 0.25) is 0 Å². The van der Waals surface area contributed by atoms with E-state index in [1.165, 1.54) is 4.90 Å². The third kappa shape index (κ3) is 3.50. The molecule has 0 saturated heterocycles. The Morgan fingerprint density at radius 3 is 2.73 bits per heavy atom. The van der Waals surface area contributed by atoms with Gasteiger partial charge in [0.1, 0.15) is 12.4 Å². The van der Waals surface area contributed by atoms with Gasteiger partial charge in [-0.2, -0.15) is 0 Å². The highest BCUT2D eigenvalue weighted by atomic mass is 16.6. The highest BCUT2D eigenvalue weighted by Crippen LogP contribution is 2.13. The molecule has 1 aromatic rings. The first-order valence-electron chi connectivity index (χ1n) is 4.60. The standard InChI is InChI=1S/C11H15NO3/c1-12(2)11(13)15-8-9-5-4-6-10(7-9)14-3/h4-7H,8H2,1-3H3. The number of hydrogen-bond donors (Lipinski definition) is 0. The molecular weight excluding hydrogens is 194 g/mol. The summed E-state index contributed by atoms with van der Waals surface area (Å²) in [6.07, 6.45) is -0.349. The van der Waals surface area contributed by atoms with Crippen molar-refractivity contribution in [2.75, 3.05) is 21.2 Å². The van der Waals surface area contributed by atoms with Gasteiger partial charge in [0.05, 0.1) is 7.11 Å². The van der Waals surface area contributed by atoms with Gasteiger partial charge < -0.3 is 14.4 Å². The SMILES string of the molecule is COc1cccc(COC(=O)N(C)C)c1. The van der Waals surface area contributed by atoms with E-state index in [4.69, 9.17) is 9.47 Å². The molecule has 4 nitrogen and oxygen atoms in total. The van der Waals surface area contributed by atoms with E-state index in [2.05, 4.69) is 0 Å². The van der Waals surface area contributed by atoms with Crippen LogP contribution in [0.3, 0.4) is 0 Å². The topological polar surface area (TPSA) is 38.8 Å². The highest BCUT2D eigenvalue weighted by molar-refractivity contribution is 5.66. The highest BCUT2D eigenvalue weighted by Gasteiger charge is 2.04. The lowest BCUT2D eigenvalue weighted by molar-refractivity contribution is 0.112. The minimum Gasteiger partial charge on any atom is -0.497 e. The first-order chi connectivity index (χ1) is 7.13. The zero-order valence-corrected chi connectivity index (χ0v) is 9.19. The molecule has 4 heteroatoms. The van der Waals surface area contributed by atoms with E-state index in [1.54, 1.807) is 21.2 Å². The fourth-order valence-electron chi connectivity index (χ4n) is 1.04. The van der Waals surface area contributed by atoms with Crippen molar-refractivity contribution in [3.8, 4) is 5.75 Å². The summed E-state index contributed by atoms with van der Waals surface area (Å²) >= 11 is 0. The Morgan fingerprint density at radius 2 is 2.13 bits per heavy atom. The first-order valence-corrected chi connectivity index (χ1v) is 4.60. The maximum atomic E-state index is 11.1. The predicted molar refractivity (Wildman–Crippen MR) is 56.9 cm³/mol. The number of carbonyl (C=O) groups excluding carboxylic acids is 1. The largest absolute Gasteiger partial charge is 0.497 e. The second-order valence-corrected chi connectivity index (χ2v) is 3.30. The Labute approximate surface area is 89.4 Å². The van der Waals surface area contributed by atoms with Crippen LogP contribution < -0.4 is 4.74 Å². The van der Waals surface area contributed by atoms with Crippen LogP contribution in [0, 0.1) is 0 Å². The van der Waals surface area contributed by atoms with E-state index in [9.17, 15) is 4.79 Å². The van der Waals surface area contributed by atoms with Crippen LogP contribution >= 0.6 is 0 Å². The molecule has 15 heavy (non-hydrogen) atoms. The normalized spacial score (nSPS) is 9.53. The maximum absolute atomic E-state index is 11.1. The third-order valence-electron chi connectivity index (χ3n) is 1.86. The summed E-state index contributed by atoms with van der Waals surface area (Å²) in [6.45, 7) is 0.258. The molecule has 0 fully saturated rings. The molecule has 0 atom stereocenters. The monoisotopic (exact) mass is 209 g/mol. The summed E-state index contributed by atoms with van der Waals surface area (Å²) in [6, 6.07) is 7.42. The van der Waals surface area contributed by atoms with Gasteiger partial charge in [-0.25, -0.2) is 4.79 Å². The summed E-state index contributed by atoms with van der Waals surface area (Å²) in [5, 5.41) is 0. The van der Waals surface area contributed by atoms with Gasteiger partial charge in [0.2, 0.25) is 0 Å². The van der Waals surface area contributed by atoms with E-state index in [0.29, 0.717) is 0 Å². The molecular formula is C11H15NO3. The molecule has 1 rings (SSSR count). The molecule has 0 bridgehead atoms. The summed E-state index contributed by atoms with van der Waals surface area (Å²) in [7, 11) is 4.90. The van der Waals surface area contributed by atoms with Crippen molar-refractivity contribution in [3.63, 3.8) is 0 Å². The van der Waals surface area contributed by atoms with E-state index in [1.807, 2.05) is 24.3 Å². The molecule has 1 aromatic carbocycles. The molecule has 0 aliphatic heterocycles. The molecule has 0 N–H and O–H groups in total. The predicted octanol–water partition coefficient (Wildman–Crippen LogP) is 1.89. The van der Waals surface area contributed by atoms with Gasteiger partial charge in [0, 0.05) is 14.1 Å². The molecule has 0 spiro atoms. The number of ether oxygens (including phenoxy) is 2. The lowest BCUT2D eigenvalue weighted by Gasteiger charge is -2.11. The summed E-state index contributed by atoms with van der Waals surface area (Å²) < 4.78 is 10.1.